The van der Waals surface area contributed by atoms with E-state index in [1.54, 1.807) is 6.21 Å². The second-order valence-corrected chi connectivity index (χ2v) is 7.07. The molecule has 0 spiro atoms. The van der Waals surface area contributed by atoms with Crippen LogP contribution < -0.4 is 9.47 Å². The van der Waals surface area contributed by atoms with Crippen molar-refractivity contribution in [3.05, 3.63) is 87.4 Å². The molecule has 28 heavy (non-hydrogen) atoms. The Morgan fingerprint density at radius 3 is 2.54 bits per heavy atom. The molecule has 0 aromatic heterocycles. The first kappa shape index (κ1) is 20.2. The van der Waals surface area contributed by atoms with Crippen LogP contribution in [0.25, 0.3) is 0 Å². The topological polar surface area (TPSA) is 30.8 Å². The van der Waals surface area contributed by atoms with Gasteiger partial charge in [-0.1, -0.05) is 53.5 Å². The molecule has 0 N–H and O–H groups in total. The zero-order chi connectivity index (χ0) is 19.9. The fraction of sp³-hybridized carbons (Fsp3) is 0.174. The van der Waals surface area contributed by atoms with Crippen LogP contribution in [-0.2, 0) is 6.61 Å². The summed E-state index contributed by atoms with van der Waals surface area (Å²) in [7, 11) is 0. The predicted molar refractivity (Wildman–Crippen MR) is 117 cm³/mol. The van der Waals surface area contributed by atoms with Gasteiger partial charge in [0.25, 0.3) is 0 Å². The largest absolute Gasteiger partial charge is 0.490 e. The minimum atomic E-state index is 0.344. The van der Waals surface area contributed by atoms with Crippen molar-refractivity contribution in [3.63, 3.8) is 0 Å². The van der Waals surface area contributed by atoms with Crippen LogP contribution in [-0.4, -0.2) is 12.8 Å². The quantitative estimate of drug-likeness (QED) is 0.389. The van der Waals surface area contributed by atoms with E-state index in [0.29, 0.717) is 34.8 Å². The lowest BCUT2D eigenvalue weighted by atomic mass is 10.2. The first-order valence-corrected chi connectivity index (χ1v) is 9.75. The Morgan fingerprint density at radius 1 is 0.964 bits per heavy atom. The van der Waals surface area contributed by atoms with Crippen LogP contribution in [0.2, 0.25) is 10.0 Å². The average Bonchev–Trinajstić information content (AvgIpc) is 2.67. The van der Waals surface area contributed by atoms with Gasteiger partial charge in [-0.05, 0) is 60.9 Å². The molecule has 0 amide bonds. The third-order valence-corrected chi connectivity index (χ3v) is 4.59. The van der Waals surface area contributed by atoms with Crippen molar-refractivity contribution in [2.45, 2.75) is 20.5 Å². The molecule has 3 nitrogen and oxygen atoms in total. The van der Waals surface area contributed by atoms with E-state index in [4.69, 9.17) is 32.7 Å². The third-order valence-electron chi connectivity index (χ3n) is 4.07. The molecular weight excluding hydrogens is 393 g/mol. The Bertz CT molecular complexity index is 986. The number of aliphatic imine (C=N–C) groups is 1. The van der Waals surface area contributed by atoms with E-state index in [-0.39, 0.29) is 0 Å². The van der Waals surface area contributed by atoms with Crippen molar-refractivity contribution in [2.75, 3.05) is 6.61 Å². The molecule has 0 heterocycles. The number of ether oxygens (including phenoxy) is 2. The average molecular weight is 414 g/mol. The Labute approximate surface area is 175 Å². The molecule has 0 aliphatic heterocycles. The Kier molecular flexibility index (Phi) is 6.96. The monoisotopic (exact) mass is 413 g/mol. The van der Waals surface area contributed by atoms with E-state index in [0.717, 1.165) is 22.4 Å². The van der Waals surface area contributed by atoms with Crippen molar-refractivity contribution < 1.29 is 9.47 Å². The molecule has 0 radical (unpaired) electrons. The maximum atomic E-state index is 6.49. The fourth-order valence-corrected chi connectivity index (χ4v) is 3.19. The molecule has 0 fully saturated rings. The molecule has 0 aliphatic rings. The highest BCUT2D eigenvalue weighted by Gasteiger charge is 2.13. The predicted octanol–water partition coefficient (Wildman–Crippen LogP) is 7.03. The number of para-hydroxylation sites is 1. The molecule has 3 aromatic carbocycles. The molecule has 3 rings (SSSR count). The maximum absolute atomic E-state index is 6.49. The summed E-state index contributed by atoms with van der Waals surface area (Å²) >= 11 is 12.5. The highest BCUT2D eigenvalue weighted by molar-refractivity contribution is 6.32. The van der Waals surface area contributed by atoms with E-state index >= 15 is 0 Å². The first-order chi connectivity index (χ1) is 13.6. The number of halogens is 2. The van der Waals surface area contributed by atoms with Crippen LogP contribution in [0.3, 0.4) is 0 Å². The Morgan fingerprint density at radius 2 is 1.79 bits per heavy atom. The van der Waals surface area contributed by atoms with Crippen LogP contribution in [0.1, 0.15) is 23.6 Å². The maximum Gasteiger partial charge on any atom is 0.180 e. The molecule has 0 aliphatic carbocycles. The van der Waals surface area contributed by atoms with Gasteiger partial charge >= 0.3 is 0 Å². The van der Waals surface area contributed by atoms with Gasteiger partial charge in [-0.25, -0.2) is 0 Å². The highest BCUT2D eigenvalue weighted by atomic mass is 35.5. The minimum Gasteiger partial charge on any atom is -0.490 e. The zero-order valence-corrected chi connectivity index (χ0v) is 17.3. The molecule has 0 saturated heterocycles. The Balaban J connectivity index is 1.84. The van der Waals surface area contributed by atoms with Gasteiger partial charge in [0.2, 0.25) is 0 Å². The molecule has 144 valence electrons. The number of aryl methyl sites for hydroxylation is 1. The summed E-state index contributed by atoms with van der Waals surface area (Å²) in [4.78, 5) is 4.56. The van der Waals surface area contributed by atoms with Gasteiger partial charge in [-0.3, -0.25) is 4.99 Å². The molecule has 5 heteroatoms. The molecule has 0 bridgehead atoms. The zero-order valence-electron chi connectivity index (χ0n) is 15.8. The number of benzene rings is 3. The van der Waals surface area contributed by atoms with E-state index < -0.39 is 0 Å². The lowest BCUT2D eigenvalue weighted by Crippen LogP contribution is -2.01. The van der Waals surface area contributed by atoms with Crippen LogP contribution in [0.5, 0.6) is 11.5 Å². The smallest absolute Gasteiger partial charge is 0.180 e. The third kappa shape index (κ3) is 5.28. The minimum absolute atomic E-state index is 0.344. The van der Waals surface area contributed by atoms with Gasteiger partial charge in [-0.15, -0.1) is 0 Å². The summed E-state index contributed by atoms with van der Waals surface area (Å²) in [6, 6.07) is 19.2. The standard InChI is InChI=1S/C23H21Cl2NO2/c1-3-27-22-13-18(14-26-21-10-5-4-7-16(21)2)12-20(25)23(22)28-15-17-8-6-9-19(24)11-17/h4-14H,3,15H2,1-2H3. The van der Waals surface area contributed by atoms with Gasteiger partial charge in [0, 0.05) is 11.2 Å². The van der Waals surface area contributed by atoms with Crippen LogP contribution in [0.15, 0.2) is 65.7 Å². The molecule has 0 unspecified atom stereocenters. The van der Waals surface area contributed by atoms with Crippen LogP contribution in [0.4, 0.5) is 5.69 Å². The number of nitrogens with zero attached hydrogens (tertiary/aromatic N) is 1. The van der Waals surface area contributed by atoms with E-state index in [9.17, 15) is 0 Å². The Hall–Kier alpha value is -2.49. The van der Waals surface area contributed by atoms with Gasteiger partial charge in [-0.2, -0.15) is 0 Å². The van der Waals surface area contributed by atoms with E-state index in [2.05, 4.69) is 4.99 Å². The van der Waals surface area contributed by atoms with Crippen LogP contribution in [0, 0.1) is 6.92 Å². The molecule has 0 saturated carbocycles. The molecule has 3 aromatic rings. The van der Waals surface area contributed by atoms with Gasteiger partial charge in [0.15, 0.2) is 11.5 Å². The van der Waals surface area contributed by atoms with Crippen molar-refractivity contribution in [3.8, 4) is 11.5 Å². The summed E-state index contributed by atoms with van der Waals surface area (Å²) in [5.74, 6) is 1.10. The van der Waals surface area contributed by atoms with Gasteiger partial charge in [0.1, 0.15) is 6.61 Å². The first-order valence-electron chi connectivity index (χ1n) is 9.00. The number of hydrogen-bond acceptors (Lipinski definition) is 3. The van der Waals surface area contributed by atoms with E-state index in [1.807, 2.05) is 74.5 Å². The van der Waals surface area contributed by atoms with E-state index in [1.165, 1.54) is 0 Å². The van der Waals surface area contributed by atoms with Crippen molar-refractivity contribution in [1.29, 1.82) is 0 Å². The summed E-state index contributed by atoms with van der Waals surface area (Å²) in [6.45, 7) is 4.79. The molecular formula is C23H21Cl2NO2. The van der Waals surface area contributed by atoms with Gasteiger partial charge in [0.05, 0.1) is 17.3 Å². The summed E-state index contributed by atoms with van der Waals surface area (Å²) < 4.78 is 11.7. The van der Waals surface area contributed by atoms with Crippen LogP contribution >= 0.6 is 23.2 Å². The summed E-state index contributed by atoms with van der Waals surface area (Å²) in [5.41, 5.74) is 3.82. The number of hydrogen-bond donors (Lipinski definition) is 0. The summed E-state index contributed by atoms with van der Waals surface area (Å²) in [6.07, 6.45) is 1.78. The van der Waals surface area contributed by atoms with Crippen molar-refractivity contribution in [2.24, 2.45) is 4.99 Å². The highest BCUT2D eigenvalue weighted by Crippen LogP contribution is 2.37. The van der Waals surface area contributed by atoms with Crippen molar-refractivity contribution in [1.82, 2.24) is 0 Å². The summed E-state index contributed by atoms with van der Waals surface area (Å²) in [5, 5.41) is 1.14. The number of rotatable bonds is 7. The SMILES string of the molecule is CCOc1cc(C=Nc2ccccc2C)cc(Cl)c1OCc1cccc(Cl)c1. The normalized spacial score (nSPS) is 11.0. The second kappa shape index (κ2) is 9.63. The fourth-order valence-electron chi connectivity index (χ4n) is 2.70. The lowest BCUT2D eigenvalue weighted by Gasteiger charge is -2.14. The second-order valence-electron chi connectivity index (χ2n) is 6.23. The lowest BCUT2D eigenvalue weighted by molar-refractivity contribution is 0.269. The van der Waals surface area contributed by atoms with Crippen molar-refractivity contribution >= 4 is 35.1 Å². The van der Waals surface area contributed by atoms with Gasteiger partial charge < -0.3 is 9.47 Å². The molecule has 0 atom stereocenters.